The Morgan fingerprint density at radius 1 is 1.06 bits per heavy atom. The number of hydrogen-bond donors (Lipinski definition) is 5. The Hall–Kier alpha value is -3.77. The van der Waals surface area contributed by atoms with Crippen LogP contribution in [0, 0.1) is 0 Å². The Balaban J connectivity index is 1.70. The van der Waals surface area contributed by atoms with Gasteiger partial charge in [-0.3, -0.25) is 29.1 Å². The van der Waals surface area contributed by atoms with Crippen LogP contribution < -0.4 is 16.4 Å². The van der Waals surface area contributed by atoms with Crippen LogP contribution in [-0.2, 0) is 19.2 Å². The summed E-state index contributed by atoms with van der Waals surface area (Å²) >= 11 is 1.26. The number of carboxylic acids is 2. The Morgan fingerprint density at radius 2 is 1.79 bits per heavy atom. The van der Waals surface area contributed by atoms with Crippen molar-refractivity contribution in [3.63, 3.8) is 0 Å². The maximum Gasteiger partial charge on any atom is 0.322 e. The molecule has 12 heteroatoms. The topological polar surface area (TPSA) is 185 Å². The van der Waals surface area contributed by atoms with Gasteiger partial charge in [0.25, 0.3) is 0 Å². The van der Waals surface area contributed by atoms with Gasteiger partial charge in [-0.25, -0.2) is 0 Å². The zero-order chi connectivity index (χ0) is 24.7. The molecular weight excluding hydrogens is 462 g/mol. The second-order valence-electron chi connectivity index (χ2n) is 7.41. The molecule has 0 unspecified atom stereocenters. The van der Waals surface area contributed by atoms with Gasteiger partial charge < -0.3 is 26.6 Å². The van der Waals surface area contributed by atoms with Crippen molar-refractivity contribution in [1.82, 2.24) is 20.6 Å². The molecule has 6 N–H and O–H groups in total. The molecule has 3 aromatic rings. The summed E-state index contributed by atoms with van der Waals surface area (Å²) in [6, 6.07) is 7.28. The number of benzene rings is 1. The van der Waals surface area contributed by atoms with Gasteiger partial charge in [0.2, 0.25) is 11.8 Å². The number of rotatable bonds is 11. The van der Waals surface area contributed by atoms with E-state index in [2.05, 4.69) is 20.6 Å². The molecule has 0 aliphatic carbocycles. The van der Waals surface area contributed by atoms with E-state index in [1.54, 1.807) is 12.4 Å². The van der Waals surface area contributed by atoms with E-state index in [-0.39, 0.29) is 18.6 Å². The van der Waals surface area contributed by atoms with E-state index in [4.69, 9.17) is 15.9 Å². The number of pyridine rings is 2. The van der Waals surface area contributed by atoms with Crippen LogP contribution in [0.25, 0.3) is 21.8 Å². The van der Waals surface area contributed by atoms with Gasteiger partial charge in [-0.15, -0.1) is 11.8 Å². The fourth-order valence-corrected chi connectivity index (χ4v) is 4.05. The molecular formula is C22H23N5O6S. The molecule has 0 aliphatic heterocycles. The van der Waals surface area contributed by atoms with Crippen molar-refractivity contribution in [2.24, 2.45) is 5.73 Å². The quantitative estimate of drug-likeness (QED) is 0.192. The molecule has 0 fully saturated rings. The number of fused-ring (bicyclic) bond motifs is 3. The van der Waals surface area contributed by atoms with Gasteiger partial charge in [0, 0.05) is 40.2 Å². The minimum atomic E-state index is -1.23. The molecule has 34 heavy (non-hydrogen) atoms. The monoisotopic (exact) mass is 485 g/mol. The van der Waals surface area contributed by atoms with Crippen molar-refractivity contribution < 1.29 is 29.4 Å². The van der Waals surface area contributed by atoms with E-state index in [0.717, 1.165) is 26.7 Å². The third kappa shape index (κ3) is 6.62. The fourth-order valence-electron chi connectivity index (χ4n) is 3.12. The maximum absolute atomic E-state index is 12.5. The lowest BCUT2D eigenvalue weighted by Crippen LogP contribution is -2.49. The highest BCUT2D eigenvalue weighted by molar-refractivity contribution is 7.99. The van der Waals surface area contributed by atoms with E-state index in [9.17, 15) is 19.2 Å². The molecule has 0 spiro atoms. The lowest BCUT2D eigenvalue weighted by Gasteiger charge is -2.18. The number of carbonyl (C=O) groups is 4. The second-order valence-corrected chi connectivity index (χ2v) is 8.50. The van der Waals surface area contributed by atoms with Gasteiger partial charge in [-0.05, 0) is 18.6 Å². The zero-order valence-electron chi connectivity index (χ0n) is 17.9. The molecule has 0 aliphatic rings. The Morgan fingerprint density at radius 3 is 2.53 bits per heavy atom. The van der Waals surface area contributed by atoms with E-state index in [1.165, 1.54) is 11.8 Å². The summed E-state index contributed by atoms with van der Waals surface area (Å²) in [5.74, 6) is -3.60. The number of aromatic nitrogens is 2. The molecule has 11 nitrogen and oxygen atoms in total. The third-order valence-electron chi connectivity index (χ3n) is 4.88. The van der Waals surface area contributed by atoms with Crippen LogP contribution in [0.1, 0.15) is 12.8 Å². The van der Waals surface area contributed by atoms with Crippen LogP contribution in [0.4, 0.5) is 0 Å². The normalized spacial score (nSPS) is 12.7. The van der Waals surface area contributed by atoms with E-state index < -0.39 is 42.4 Å². The number of amides is 2. The summed E-state index contributed by atoms with van der Waals surface area (Å²) in [6.07, 6.45) is 3.03. The van der Waals surface area contributed by atoms with Crippen molar-refractivity contribution in [2.45, 2.75) is 29.8 Å². The SMILES string of the molecule is N[C@@H](CCC(=O)N[C@@H](CSc1cnc2c(ccc3cccnc32)c1)C(=O)NCC(=O)O)C(=O)O. The highest BCUT2D eigenvalue weighted by Gasteiger charge is 2.23. The number of thioether (sulfide) groups is 1. The number of carbonyl (C=O) groups excluding carboxylic acids is 2. The number of hydrogen-bond acceptors (Lipinski definition) is 8. The Kier molecular flexibility index (Phi) is 8.33. The molecule has 0 saturated carbocycles. The predicted molar refractivity (Wildman–Crippen MR) is 125 cm³/mol. The number of aliphatic carboxylic acids is 2. The lowest BCUT2D eigenvalue weighted by molar-refractivity contribution is -0.139. The van der Waals surface area contributed by atoms with Gasteiger partial charge in [-0.1, -0.05) is 18.2 Å². The first-order chi connectivity index (χ1) is 16.2. The molecule has 1 aromatic carbocycles. The molecule has 2 amide bonds. The summed E-state index contributed by atoms with van der Waals surface area (Å²) in [5, 5.41) is 24.2. The molecule has 2 heterocycles. The van der Waals surface area contributed by atoms with E-state index in [1.807, 2.05) is 30.3 Å². The molecule has 2 aromatic heterocycles. The third-order valence-corrected chi connectivity index (χ3v) is 5.94. The van der Waals surface area contributed by atoms with Gasteiger partial charge in [0.15, 0.2) is 0 Å². The number of carboxylic acid groups (broad SMARTS) is 2. The molecule has 2 atom stereocenters. The maximum atomic E-state index is 12.5. The standard InChI is InChI=1S/C22H23N5O6S/c23-15(22(32)33)5-6-17(28)27-16(21(31)26-10-18(29)30)11-34-14-8-13-4-3-12-2-1-7-24-19(12)20(13)25-9-14/h1-4,7-9,15-16H,5-6,10-11,23H2,(H,26,31)(H,27,28)(H,29,30)(H,32,33)/t15-,16-/m0/s1. The predicted octanol–water partition coefficient (Wildman–Crippen LogP) is 0.753. The minimum absolute atomic E-state index is 0.0984. The van der Waals surface area contributed by atoms with Crippen molar-refractivity contribution >= 4 is 57.3 Å². The second kappa shape index (κ2) is 11.4. The molecule has 0 radical (unpaired) electrons. The highest BCUT2D eigenvalue weighted by Crippen LogP contribution is 2.26. The number of nitrogens with zero attached hydrogens (tertiary/aromatic N) is 2. The number of nitrogens with one attached hydrogen (secondary N) is 2. The smallest absolute Gasteiger partial charge is 0.322 e. The van der Waals surface area contributed by atoms with Crippen LogP contribution in [0.2, 0.25) is 0 Å². The van der Waals surface area contributed by atoms with Gasteiger partial charge in [0.1, 0.15) is 18.6 Å². The summed E-state index contributed by atoms with van der Waals surface area (Å²) < 4.78 is 0. The van der Waals surface area contributed by atoms with Crippen LogP contribution in [0.3, 0.4) is 0 Å². The van der Waals surface area contributed by atoms with Crippen LogP contribution in [0.15, 0.2) is 47.6 Å². The van der Waals surface area contributed by atoms with Gasteiger partial charge in [-0.2, -0.15) is 0 Å². The molecule has 178 valence electrons. The summed E-state index contributed by atoms with van der Waals surface area (Å²) in [6.45, 7) is -0.600. The first kappa shape index (κ1) is 24.9. The number of nitrogens with two attached hydrogens (primary N) is 1. The summed E-state index contributed by atoms with van der Waals surface area (Å²) in [4.78, 5) is 56.0. The van der Waals surface area contributed by atoms with Crippen molar-refractivity contribution in [2.75, 3.05) is 12.3 Å². The molecule has 0 saturated heterocycles. The molecule has 3 rings (SSSR count). The summed E-state index contributed by atoms with van der Waals surface area (Å²) in [7, 11) is 0. The van der Waals surface area contributed by atoms with Gasteiger partial charge in [0.05, 0.1) is 11.0 Å². The van der Waals surface area contributed by atoms with Crippen LogP contribution in [-0.4, -0.2) is 68.3 Å². The average Bonchev–Trinajstić information content (AvgIpc) is 2.83. The Labute approximate surface area is 198 Å². The lowest BCUT2D eigenvalue weighted by atomic mass is 10.1. The van der Waals surface area contributed by atoms with Crippen molar-refractivity contribution in [1.29, 1.82) is 0 Å². The first-order valence-electron chi connectivity index (χ1n) is 10.3. The zero-order valence-corrected chi connectivity index (χ0v) is 18.7. The molecule has 0 bridgehead atoms. The first-order valence-corrected chi connectivity index (χ1v) is 11.3. The Bertz CT molecular complexity index is 1240. The van der Waals surface area contributed by atoms with Gasteiger partial charge >= 0.3 is 11.9 Å². The van der Waals surface area contributed by atoms with Crippen LogP contribution in [0.5, 0.6) is 0 Å². The average molecular weight is 486 g/mol. The fraction of sp³-hybridized carbons (Fsp3) is 0.273. The van der Waals surface area contributed by atoms with E-state index >= 15 is 0 Å². The van der Waals surface area contributed by atoms with Crippen molar-refractivity contribution in [3.05, 3.63) is 42.7 Å². The van der Waals surface area contributed by atoms with E-state index in [0.29, 0.717) is 0 Å². The summed E-state index contributed by atoms with van der Waals surface area (Å²) in [5.41, 5.74) is 6.92. The van der Waals surface area contributed by atoms with Crippen LogP contribution >= 0.6 is 11.8 Å². The van der Waals surface area contributed by atoms with Crippen molar-refractivity contribution in [3.8, 4) is 0 Å². The largest absolute Gasteiger partial charge is 0.480 e. The minimum Gasteiger partial charge on any atom is -0.480 e. The highest BCUT2D eigenvalue weighted by atomic mass is 32.2.